The molecule has 0 bridgehead atoms. The lowest BCUT2D eigenvalue weighted by Gasteiger charge is -2.21. The van der Waals surface area contributed by atoms with Crippen LogP contribution in [-0.4, -0.2) is 25.3 Å². The lowest BCUT2D eigenvalue weighted by molar-refractivity contribution is 0.415. The quantitative estimate of drug-likeness (QED) is 0.442. The average molecular weight is 388 g/mol. The fraction of sp³-hybridized carbons (Fsp3) is 0.200. The maximum Gasteiger partial charge on any atom is 0.123 e. The maximum atomic E-state index is 14.0. The largest absolute Gasteiger partial charge is 0.497 e. The number of hydrogen-bond acceptors (Lipinski definition) is 2. The predicted molar refractivity (Wildman–Crippen MR) is 117 cm³/mol. The van der Waals surface area contributed by atoms with Gasteiger partial charge in [-0.25, -0.2) is 4.39 Å². The Morgan fingerprint density at radius 2 is 1.79 bits per heavy atom. The number of para-hydroxylation sites is 1. The third-order valence-electron chi connectivity index (χ3n) is 5.38. The van der Waals surface area contributed by atoms with Crippen LogP contribution in [0, 0.1) is 5.82 Å². The number of halogens is 1. The van der Waals surface area contributed by atoms with Crippen LogP contribution in [0.2, 0.25) is 0 Å². The third-order valence-corrected chi connectivity index (χ3v) is 5.38. The zero-order valence-electron chi connectivity index (χ0n) is 16.7. The lowest BCUT2D eigenvalue weighted by Crippen LogP contribution is -2.17. The second kappa shape index (κ2) is 8.50. The number of aromatic nitrogens is 1. The Labute approximate surface area is 170 Å². The van der Waals surface area contributed by atoms with Gasteiger partial charge in [0.1, 0.15) is 11.6 Å². The van der Waals surface area contributed by atoms with Crippen LogP contribution in [-0.2, 0) is 0 Å². The summed E-state index contributed by atoms with van der Waals surface area (Å²) < 4.78 is 21.6. The first-order valence-electron chi connectivity index (χ1n) is 9.85. The number of benzene rings is 3. The molecular weight excluding hydrogens is 363 g/mol. The van der Waals surface area contributed by atoms with Crippen LogP contribution < -0.4 is 10.1 Å². The van der Waals surface area contributed by atoms with Crippen molar-refractivity contribution in [3.63, 3.8) is 0 Å². The van der Waals surface area contributed by atoms with Gasteiger partial charge in [0.25, 0.3) is 0 Å². The van der Waals surface area contributed by atoms with Crippen molar-refractivity contribution in [3.05, 3.63) is 90.4 Å². The van der Waals surface area contributed by atoms with Crippen molar-refractivity contribution in [3.8, 4) is 16.9 Å². The fourth-order valence-corrected chi connectivity index (χ4v) is 3.92. The van der Waals surface area contributed by atoms with E-state index in [4.69, 9.17) is 4.74 Å². The van der Waals surface area contributed by atoms with Crippen molar-refractivity contribution in [2.45, 2.75) is 12.5 Å². The SMILES string of the molecule is CNCCC(c1cccc(F)c1)n1cc(-c2ccc(OC)cc2)c2ccccc21. The Kier molecular flexibility index (Phi) is 5.63. The smallest absolute Gasteiger partial charge is 0.123 e. The van der Waals surface area contributed by atoms with Gasteiger partial charge in [0.2, 0.25) is 0 Å². The average Bonchev–Trinajstić information content (AvgIpc) is 3.14. The number of ether oxygens (including phenoxy) is 1. The van der Waals surface area contributed by atoms with Crippen molar-refractivity contribution in [1.29, 1.82) is 0 Å². The highest BCUT2D eigenvalue weighted by molar-refractivity contribution is 5.96. The minimum atomic E-state index is -0.205. The molecular formula is C25H25FN2O. The minimum Gasteiger partial charge on any atom is -0.497 e. The molecule has 1 N–H and O–H groups in total. The van der Waals surface area contributed by atoms with E-state index in [1.54, 1.807) is 19.2 Å². The number of hydrogen-bond donors (Lipinski definition) is 1. The first-order valence-corrected chi connectivity index (χ1v) is 9.85. The van der Waals surface area contributed by atoms with Crippen molar-refractivity contribution in [2.24, 2.45) is 0 Å². The van der Waals surface area contributed by atoms with E-state index in [9.17, 15) is 4.39 Å². The molecule has 0 saturated carbocycles. The van der Waals surface area contributed by atoms with Crippen LogP contribution in [0.1, 0.15) is 18.0 Å². The van der Waals surface area contributed by atoms with Crippen molar-refractivity contribution in [2.75, 3.05) is 20.7 Å². The van der Waals surface area contributed by atoms with E-state index in [2.05, 4.69) is 52.5 Å². The molecule has 1 atom stereocenters. The van der Waals surface area contributed by atoms with Crippen LogP contribution in [0.5, 0.6) is 5.75 Å². The van der Waals surface area contributed by atoms with E-state index in [1.807, 2.05) is 25.2 Å². The summed E-state index contributed by atoms with van der Waals surface area (Å²) in [7, 11) is 3.62. The molecule has 3 aromatic carbocycles. The molecule has 1 heterocycles. The molecule has 4 rings (SSSR count). The Morgan fingerprint density at radius 3 is 2.52 bits per heavy atom. The second-order valence-corrected chi connectivity index (χ2v) is 7.16. The van der Waals surface area contributed by atoms with Gasteiger partial charge in [-0.15, -0.1) is 0 Å². The Balaban J connectivity index is 1.87. The van der Waals surface area contributed by atoms with Crippen LogP contribution in [0.3, 0.4) is 0 Å². The zero-order chi connectivity index (χ0) is 20.2. The third kappa shape index (κ3) is 3.89. The molecule has 1 aromatic heterocycles. The van der Waals surface area contributed by atoms with Gasteiger partial charge in [-0.1, -0.05) is 42.5 Å². The molecule has 0 saturated heterocycles. The van der Waals surface area contributed by atoms with Crippen molar-refractivity contribution >= 4 is 10.9 Å². The van der Waals surface area contributed by atoms with E-state index >= 15 is 0 Å². The lowest BCUT2D eigenvalue weighted by atomic mass is 10.0. The molecule has 4 heteroatoms. The monoisotopic (exact) mass is 388 g/mol. The molecule has 1 unspecified atom stereocenters. The first-order chi connectivity index (χ1) is 14.2. The maximum absolute atomic E-state index is 14.0. The molecule has 4 aromatic rings. The number of fused-ring (bicyclic) bond motifs is 1. The van der Waals surface area contributed by atoms with Crippen LogP contribution in [0.25, 0.3) is 22.0 Å². The Bertz CT molecular complexity index is 1100. The Morgan fingerprint density at radius 1 is 1.00 bits per heavy atom. The van der Waals surface area contributed by atoms with Gasteiger partial charge in [-0.05, 0) is 61.5 Å². The van der Waals surface area contributed by atoms with Gasteiger partial charge in [0, 0.05) is 22.7 Å². The van der Waals surface area contributed by atoms with E-state index in [0.717, 1.165) is 40.9 Å². The van der Waals surface area contributed by atoms with Crippen molar-refractivity contribution in [1.82, 2.24) is 9.88 Å². The highest BCUT2D eigenvalue weighted by Gasteiger charge is 2.19. The summed E-state index contributed by atoms with van der Waals surface area (Å²) in [4.78, 5) is 0. The van der Waals surface area contributed by atoms with Gasteiger partial charge in [0.05, 0.1) is 13.2 Å². The number of rotatable bonds is 7. The predicted octanol–water partition coefficient (Wildman–Crippen LogP) is 5.65. The standard InChI is InChI=1S/C25H25FN2O/c1-27-15-14-24(19-6-5-7-20(26)16-19)28-17-23(22-8-3-4-9-25(22)28)18-10-12-21(29-2)13-11-18/h3-13,16-17,24,27H,14-15H2,1-2H3. The molecule has 0 radical (unpaired) electrons. The van der Waals surface area contributed by atoms with E-state index < -0.39 is 0 Å². The van der Waals surface area contributed by atoms with Gasteiger partial charge in [-0.2, -0.15) is 0 Å². The molecule has 0 aliphatic carbocycles. The molecule has 29 heavy (non-hydrogen) atoms. The topological polar surface area (TPSA) is 26.2 Å². The number of nitrogens with one attached hydrogen (secondary N) is 1. The van der Waals surface area contributed by atoms with Crippen LogP contribution >= 0.6 is 0 Å². The van der Waals surface area contributed by atoms with Crippen LogP contribution in [0.15, 0.2) is 79.0 Å². The second-order valence-electron chi connectivity index (χ2n) is 7.16. The highest BCUT2D eigenvalue weighted by atomic mass is 19.1. The van der Waals surface area contributed by atoms with E-state index in [0.29, 0.717) is 0 Å². The normalized spacial score (nSPS) is 12.2. The summed E-state index contributed by atoms with van der Waals surface area (Å²) in [6, 6.07) is 23.5. The molecule has 0 fully saturated rings. The van der Waals surface area contributed by atoms with Crippen LogP contribution in [0.4, 0.5) is 4.39 Å². The number of methoxy groups -OCH3 is 1. The van der Waals surface area contributed by atoms with Gasteiger partial charge < -0.3 is 14.6 Å². The molecule has 0 amide bonds. The summed E-state index contributed by atoms with van der Waals surface area (Å²) >= 11 is 0. The summed E-state index contributed by atoms with van der Waals surface area (Å²) in [5.41, 5.74) is 4.41. The molecule has 0 aliphatic heterocycles. The van der Waals surface area contributed by atoms with Gasteiger partial charge in [-0.3, -0.25) is 0 Å². The molecule has 3 nitrogen and oxygen atoms in total. The van der Waals surface area contributed by atoms with Gasteiger partial charge in [0.15, 0.2) is 0 Å². The molecule has 148 valence electrons. The highest BCUT2D eigenvalue weighted by Crippen LogP contribution is 2.36. The summed E-state index contributed by atoms with van der Waals surface area (Å²) in [5.74, 6) is 0.632. The molecule has 0 aliphatic rings. The summed E-state index contributed by atoms with van der Waals surface area (Å²) in [6.45, 7) is 0.839. The van der Waals surface area contributed by atoms with Crippen molar-refractivity contribution < 1.29 is 9.13 Å². The molecule has 0 spiro atoms. The van der Waals surface area contributed by atoms with E-state index in [-0.39, 0.29) is 11.9 Å². The summed E-state index contributed by atoms with van der Waals surface area (Å²) in [5, 5.41) is 4.41. The first kappa shape index (κ1) is 19.2. The fourth-order valence-electron chi connectivity index (χ4n) is 3.92. The van der Waals surface area contributed by atoms with Gasteiger partial charge >= 0.3 is 0 Å². The Hall–Kier alpha value is -3.11. The minimum absolute atomic E-state index is 0.0371. The zero-order valence-corrected chi connectivity index (χ0v) is 16.7. The number of nitrogens with zero attached hydrogens (tertiary/aromatic N) is 1. The van der Waals surface area contributed by atoms with E-state index in [1.165, 1.54) is 11.5 Å². The summed E-state index contributed by atoms with van der Waals surface area (Å²) in [6.07, 6.45) is 3.05.